The molecule has 1 atom stereocenters. The molecule has 138 valence electrons. The zero-order chi connectivity index (χ0) is 18.2. The fraction of sp³-hybridized carbons (Fsp3) is 0.529. The summed E-state index contributed by atoms with van der Waals surface area (Å²) in [7, 11) is 0. The van der Waals surface area contributed by atoms with Crippen molar-refractivity contribution >= 4 is 17.3 Å². The van der Waals surface area contributed by atoms with Gasteiger partial charge in [0.2, 0.25) is 12.1 Å². The maximum absolute atomic E-state index is 13.7. The van der Waals surface area contributed by atoms with E-state index in [9.17, 15) is 22.0 Å². The molecule has 0 radical (unpaired) electrons. The Labute approximate surface area is 147 Å². The Bertz CT molecular complexity index is 636. The van der Waals surface area contributed by atoms with E-state index in [2.05, 4.69) is 0 Å². The molecule has 0 spiro atoms. The molecule has 0 saturated heterocycles. The van der Waals surface area contributed by atoms with Crippen LogP contribution in [0.5, 0.6) is 0 Å². The number of para-hydroxylation sites is 1. The van der Waals surface area contributed by atoms with E-state index < -0.39 is 18.3 Å². The van der Waals surface area contributed by atoms with Crippen LogP contribution in [-0.4, -0.2) is 29.7 Å². The highest BCUT2D eigenvalue weighted by Gasteiger charge is 2.50. The summed E-state index contributed by atoms with van der Waals surface area (Å²) in [5.41, 5.74) is 0.264. The average Bonchev–Trinajstić information content (AvgIpc) is 2.93. The fourth-order valence-corrected chi connectivity index (χ4v) is 3.67. The Kier molecular flexibility index (Phi) is 4.88. The summed E-state index contributed by atoms with van der Waals surface area (Å²) in [5, 5.41) is 0.223. The zero-order valence-corrected chi connectivity index (χ0v) is 14.1. The van der Waals surface area contributed by atoms with Gasteiger partial charge in [-0.25, -0.2) is 8.78 Å². The minimum Gasteiger partial charge on any atom is -0.348 e. The minimum atomic E-state index is -4.51. The van der Waals surface area contributed by atoms with Crippen molar-refractivity contribution < 1.29 is 22.0 Å². The van der Waals surface area contributed by atoms with E-state index in [1.54, 1.807) is 12.1 Å². The first-order valence-electron chi connectivity index (χ1n) is 8.09. The molecular weight excluding hydrogens is 363 g/mol. The SMILES string of the molecule is FC1(F)CCC(CN2C=CN(c3ccccc3Cl)C2C(F)(F)F)CC1. The Morgan fingerprint density at radius 1 is 1.08 bits per heavy atom. The highest BCUT2D eigenvalue weighted by Crippen LogP contribution is 2.41. The smallest absolute Gasteiger partial charge is 0.348 e. The topological polar surface area (TPSA) is 6.48 Å². The van der Waals surface area contributed by atoms with Crippen molar-refractivity contribution in [1.29, 1.82) is 0 Å². The summed E-state index contributed by atoms with van der Waals surface area (Å²) in [4.78, 5) is 2.26. The van der Waals surface area contributed by atoms with Gasteiger partial charge in [0.15, 0.2) is 0 Å². The minimum absolute atomic E-state index is 0.0949. The van der Waals surface area contributed by atoms with Crippen LogP contribution in [0.3, 0.4) is 0 Å². The molecule has 1 aromatic rings. The van der Waals surface area contributed by atoms with Crippen LogP contribution in [0.2, 0.25) is 5.02 Å². The molecule has 1 aromatic carbocycles. The molecule has 0 amide bonds. The normalized spacial score (nSPS) is 24.2. The lowest BCUT2D eigenvalue weighted by Gasteiger charge is -2.37. The van der Waals surface area contributed by atoms with Crippen LogP contribution in [-0.2, 0) is 0 Å². The molecule has 2 nitrogen and oxygen atoms in total. The monoisotopic (exact) mass is 380 g/mol. The van der Waals surface area contributed by atoms with E-state index >= 15 is 0 Å². The van der Waals surface area contributed by atoms with Crippen molar-refractivity contribution in [3.05, 3.63) is 41.7 Å². The van der Waals surface area contributed by atoms with Gasteiger partial charge < -0.3 is 9.80 Å². The van der Waals surface area contributed by atoms with Gasteiger partial charge in [-0.1, -0.05) is 23.7 Å². The molecule has 1 fully saturated rings. The van der Waals surface area contributed by atoms with Gasteiger partial charge in [0.1, 0.15) is 0 Å². The van der Waals surface area contributed by atoms with Crippen LogP contribution in [0.25, 0.3) is 0 Å². The molecule has 0 bridgehead atoms. The van der Waals surface area contributed by atoms with Gasteiger partial charge in [0.05, 0.1) is 10.7 Å². The first-order valence-corrected chi connectivity index (χ1v) is 8.47. The van der Waals surface area contributed by atoms with Crippen molar-refractivity contribution in [2.24, 2.45) is 5.92 Å². The van der Waals surface area contributed by atoms with Gasteiger partial charge >= 0.3 is 6.18 Å². The molecule has 1 saturated carbocycles. The van der Waals surface area contributed by atoms with Crippen molar-refractivity contribution in [3.8, 4) is 0 Å². The molecule has 2 aliphatic rings. The summed E-state index contributed by atoms with van der Waals surface area (Å²) in [6.07, 6.45) is -3.75. The molecule has 0 N–H and O–H groups in total. The molecule has 1 heterocycles. The molecule has 1 aliphatic carbocycles. The van der Waals surface area contributed by atoms with Gasteiger partial charge in [0, 0.05) is 31.8 Å². The average molecular weight is 381 g/mol. The molecule has 25 heavy (non-hydrogen) atoms. The maximum Gasteiger partial charge on any atom is 0.427 e. The lowest BCUT2D eigenvalue weighted by molar-refractivity contribution is -0.174. The first kappa shape index (κ1) is 18.3. The second kappa shape index (κ2) is 6.67. The standard InChI is InChI=1S/C17H18ClF5N2/c18-13-3-1-2-4-14(13)25-10-9-24(15(25)17(21,22)23)11-12-5-7-16(19,20)8-6-12/h1-4,9-10,12,15H,5-8,11H2. The fourth-order valence-electron chi connectivity index (χ4n) is 3.44. The van der Waals surface area contributed by atoms with Gasteiger partial charge in [-0.15, -0.1) is 0 Å². The number of rotatable bonds is 3. The maximum atomic E-state index is 13.7. The van der Waals surface area contributed by atoms with Crippen molar-refractivity contribution in [2.75, 3.05) is 11.4 Å². The molecule has 0 aromatic heterocycles. The van der Waals surface area contributed by atoms with E-state index in [0.29, 0.717) is 0 Å². The zero-order valence-electron chi connectivity index (χ0n) is 13.3. The molecule has 1 aliphatic heterocycles. The van der Waals surface area contributed by atoms with Crippen molar-refractivity contribution in [1.82, 2.24) is 4.90 Å². The first-order chi connectivity index (χ1) is 11.7. The third-order valence-corrected chi connectivity index (χ3v) is 5.05. The van der Waals surface area contributed by atoms with Crippen molar-refractivity contribution in [2.45, 2.75) is 43.9 Å². The van der Waals surface area contributed by atoms with Crippen molar-refractivity contribution in [3.63, 3.8) is 0 Å². The highest BCUT2D eigenvalue weighted by molar-refractivity contribution is 6.33. The quantitative estimate of drug-likeness (QED) is 0.625. The molecule has 8 heteroatoms. The number of hydrogen-bond acceptors (Lipinski definition) is 2. The number of halogens is 6. The molecule has 1 unspecified atom stereocenters. The number of anilines is 1. The summed E-state index contributed by atoms with van der Waals surface area (Å²) < 4.78 is 67.5. The molecule has 3 rings (SSSR count). The largest absolute Gasteiger partial charge is 0.427 e. The summed E-state index contributed by atoms with van der Waals surface area (Å²) in [6.45, 7) is 0.0949. The van der Waals surface area contributed by atoms with Crippen LogP contribution < -0.4 is 4.90 Å². The van der Waals surface area contributed by atoms with E-state index in [1.165, 1.54) is 29.4 Å². The third kappa shape index (κ3) is 4.02. The Balaban J connectivity index is 1.77. The van der Waals surface area contributed by atoms with Gasteiger partial charge in [-0.05, 0) is 30.9 Å². The van der Waals surface area contributed by atoms with E-state index in [1.807, 2.05) is 0 Å². The van der Waals surface area contributed by atoms with Crippen LogP contribution in [0, 0.1) is 5.92 Å². The summed E-state index contributed by atoms with van der Waals surface area (Å²) in [5.74, 6) is -2.87. The van der Waals surface area contributed by atoms with E-state index in [0.717, 1.165) is 4.90 Å². The number of benzene rings is 1. The lowest BCUT2D eigenvalue weighted by Crippen LogP contribution is -2.51. The summed E-state index contributed by atoms with van der Waals surface area (Å²) in [6, 6.07) is 6.32. The lowest BCUT2D eigenvalue weighted by atomic mass is 9.86. The van der Waals surface area contributed by atoms with Crippen LogP contribution in [0.1, 0.15) is 25.7 Å². The second-order valence-corrected chi connectivity index (χ2v) is 6.98. The van der Waals surface area contributed by atoms with Gasteiger partial charge in [0.25, 0.3) is 0 Å². The number of nitrogens with zero attached hydrogens (tertiary/aromatic N) is 2. The highest BCUT2D eigenvalue weighted by atomic mass is 35.5. The number of alkyl halides is 5. The Morgan fingerprint density at radius 2 is 1.72 bits per heavy atom. The Morgan fingerprint density at radius 3 is 2.32 bits per heavy atom. The van der Waals surface area contributed by atoms with Crippen LogP contribution >= 0.6 is 11.6 Å². The predicted molar refractivity (Wildman–Crippen MR) is 86.5 cm³/mol. The van der Waals surface area contributed by atoms with Crippen LogP contribution in [0.15, 0.2) is 36.7 Å². The third-order valence-electron chi connectivity index (χ3n) is 4.73. The van der Waals surface area contributed by atoms with E-state index in [-0.39, 0.29) is 48.9 Å². The second-order valence-electron chi connectivity index (χ2n) is 6.57. The summed E-state index contributed by atoms with van der Waals surface area (Å²) >= 11 is 6.05. The number of hydrogen-bond donors (Lipinski definition) is 0. The predicted octanol–water partition coefficient (Wildman–Crippen LogP) is 5.65. The van der Waals surface area contributed by atoms with Gasteiger partial charge in [-0.2, -0.15) is 13.2 Å². The molecular formula is C17H18ClF5N2. The Hall–Kier alpha value is -1.50. The van der Waals surface area contributed by atoms with Crippen LogP contribution in [0.4, 0.5) is 27.6 Å². The van der Waals surface area contributed by atoms with E-state index in [4.69, 9.17) is 11.6 Å². The van der Waals surface area contributed by atoms with Gasteiger partial charge in [-0.3, -0.25) is 0 Å².